The highest BCUT2D eigenvalue weighted by Gasteiger charge is 2.18. The van der Waals surface area contributed by atoms with Crippen LogP contribution in [0.3, 0.4) is 0 Å². The van der Waals surface area contributed by atoms with E-state index in [2.05, 4.69) is 40.2 Å². The number of H-pyrrole nitrogens is 2. The molecule has 5 aromatic heterocycles. The van der Waals surface area contributed by atoms with E-state index in [1.165, 1.54) is 12.1 Å². The summed E-state index contributed by atoms with van der Waals surface area (Å²) in [6.07, 6.45) is 8.09. The van der Waals surface area contributed by atoms with Crippen LogP contribution < -0.4 is 10.0 Å². The summed E-state index contributed by atoms with van der Waals surface area (Å²) in [4.78, 5) is 29.3. The first-order valence-corrected chi connectivity index (χ1v) is 16.0. The van der Waals surface area contributed by atoms with Gasteiger partial charge in [0.15, 0.2) is 5.65 Å². The minimum Gasteiger partial charge on any atom is -0.353 e. The molecule has 0 aliphatic heterocycles. The van der Waals surface area contributed by atoms with E-state index in [4.69, 9.17) is 0 Å². The van der Waals surface area contributed by atoms with E-state index in [0.717, 1.165) is 39.4 Å². The zero-order valence-electron chi connectivity index (χ0n) is 25.1. The van der Waals surface area contributed by atoms with Gasteiger partial charge in [-0.3, -0.25) is 19.9 Å². The van der Waals surface area contributed by atoms with Crippen LogP contribution in [0.15, 0.2) is 67.3 Å². The second kappa shape index (κ2) is 11.5. The van der Waals surface area contributed by atoms with Crippen molar-refractivity contribution in [3.63, 3.8) is 0 Å². The van der Waals surface area contributed by atoms with Crippen LogP contribution in [0, 0.1) is 11.2 Å². The molecular formula is C32H31FN8O3S. The van der Waals surface area contributed by atoms with Gasteiger partial charge in [-0.25, -0.2) is 22.5 Å². The van der Waals surface area contributed by atoms with Gasteiger partial charge in [-0.2, -0.15) is 5.10 Å². The minimum absolute atomic E-state index is 0.0465. The third-order valence-corrected chi connectivity index (χ3v) is 7.71. The van der Waals surface area contributed by atoms with Crippen LogP contribution in [0.4, 0.5) is 10.1 Å². The fraction of sp³-hybridized carbons (Fsp3) is 0.219. The van der Waals surface area contributed by atoms with E-state index in [1.807, 2.05) is 45.0 Å². The molecule has 4 N–H and O–H groups in total. The van der Waals surface area contributed by atoms with Crippen LogP contribution in [0.25, 0.3) is 55.7 Å². The van der Waals surface area contributed by atoms with Crippen LogP contribution >= 0.6 is 0 Å². The van der Waals surface area contributed by atoms with E-state index in [-0.39, 0.29) is 17.9 Å². The Morgan fingerprint density at radius 2 is 1.76 bits per heavy atom. The molecule has 230 valence electrons. The first-order valence-electron chi connectivity index (χ1n) is 14.1. The number of benzene rings is 1. The van der Waals surface area contributed by atoms with Crippen molar-refractivity contribution in [2.45, 2.75) is 33.7 Å². The molecule has 0 spiro atoms. The maximum absolute atomic E-state index is 14.6. The Labute approximate surface area is 258 Å². The Bertz CT molecular complexity index is 2180. The quantitative estimate of drug-likeness (QED) is 0.166. The Balaban J connectivity index is 1.34. The van der Waals surface area contributed by atoms with Gasteiger partial charge < -0.3 is 10.3 Å². The number of pyridine rings is 3. The van der Waals surface area contributed by atoms with Crippen LogP contribution in [0.5, 0.6) is 0 Å². The molecule has 0 aliphatic rings. The first-order chi connectivity index (χ1) is 21.3. The van der Waals surface area contributed by atoms with E-state index >= 15 is 0 Å². The van der Waals surface area contributed by atoms with E-state index < -0.39 is 15.8 Å². The lowest BCUT2D eigenvalue weighted by Crippen LogP contribution is -2.21. The standard InChI is InChI=1S/C32H31FN8O3S/c1-32(2,3)13-28(42)38-23-10-20(15-34-17-23)21-11-25-30(40-41-31(25)36-16-21)27-12-24-26(39-27)5-6-35-29(24)19-7-18(8-22(33)9-19)14-37-45(4,43)44/h5-12,15-17,37,39H,13-14H2,1-4H3,(H,38,42)(H,36,40,41). The highest BCUT2D eigenvalue weighted by Crippen LogP contribution is 2.34. The molecule has 1 amide bonds. The minimum atomic E-state index is -3.45. The number of aromatic nitrogens is 6. The molecule has 6 aromatic rings. The van der Waals surface area contributed by atoms with Crippen molar-refractivity contribution >= 4 is 43.6 Å². The molecule has 0 unspecified atom stereocenters. The predicted octanol–water partition coefficient (Wildman–Crippen LogP) is 5.79. The maximum atomic E-state index is 14.6. The number of hydrogen-bond acceptors (Lipinski definition) is 7. The van der Waals surface area contributed by atoms with Gasteiger partial charge in [-0.15, -0.1) is 0 Å². The number of anilines is 1. The van der Waals surface area contributed by atoms with Gasteiger partial charge in [0.2, 0.25) is 15.9 Å². The molecule has 13 heteroatoms. The van der Waals surface area contributed by atoms with Crippen LogP contribution in [0.1, 0.15) is 32.8 Å². The van der Waals surface area contributed by atoms with Gasteiger partial charge >= 0.3 is 0 Å². The average Bonchev–Trinajstić information content (AvgIpc) is 3.58. The van der Waals surface area contributed by atoms with Gasteiger partial charge in [-0.1, -0.05) is 20.8 Å². The highest BCUT2D eigenvalue weighted by molar-refractivity contribution is 7.88. The Hall–Kier alpha value is -5.01. The highest BCUT2D eigenvalue weighted by atomic mass is 32.2. The second-order valence-corrected chi connectivity index (χ2v) is 14.0. The fourth-order valence-electron chi connectivity index (χ4n) is 5.14. The largest absolute Gasteiger partial charge is 0.353 e. The smallest absolute Gasteiger partial charge is 0.224 e. The lowest BCUT2D eigenvalue weighted by atomic mass is 9.92. The van der Waals surface area contributed by atoms with E-state index in [0.29, 0.717) is 40.3 Å². The third-order valence-electron chi connectivity index (χ3n) is 7.04. The normalized spacial score (nSPS) is 12.2. The summed E-state index contributed by atoms with van der Waals surface area (Å²) >= 11 is 0. The van der Waals surface area contributed by atoms with E-state index in [9.17, 15) is 17.6 Å². The Morgan fingerprint density at radius 1 is 0.956 bits per heavy atom. The number of carbonyl (C=O) groups is 1. The number of hydrogen-bond donors (Lipinski definition) is 4. The second-order valence-electron chi connectivity index (χ2n) is 12.2. The van der Waals surface area contributed by atoms with Crippen LogP contribution in [-0.4, -0.2) is 50.7 Å². The predicted molar refractivity (Wildman–Crippen MR) is 172 cm³/mol. The Morgan fingerprint density at radius 3 is 2.53 bits per heavy atom. The van der Waals surface area contributed by atoms with Crippen molar-refractivity contribution in [1.29, 1.82) is 0 Å². The summed E-state index contributed by atoms with van der Waals surface area (Å²) in [7, 11) is -3.45. The van der Waals surface area contributed by atoms with Crippen LogP contribution in [-0.2, 0) is 21.4 Å². The van der Waals surface area contributed by atoms with Gasteiger partial charge in [-0.05, 0) is 53.4 Å². The molecule has 5 heterocycles. The molecule has 0 bridgehead atoms. The van der Waals surface area contributed by atoms with Gasteiger partial charge in [0.1, 0.15) is 5.82 Å². The molecule has 1 aromatic carbocycles. The lowest BCUT2D eigenvalue weighted by Gasteiger charge is -2.17. The fourth-order valence-corrected chi connectivity index (χ4v) is 5.57. The number of fused-ring (bicyclic) bond motifs is 2. The maximum Gasteiger partial charge on any atom is 0.224 e. The summed E-state index contributed by atoms with van der Waals surface area (Å²) in [6.45, 7) is 5.98. The average molecular weight is 627 g/mol. The zero-order chi connectivity index (χ0) is 31.9. The number of sulfonamides is 1. The van der Waals surface area contributed by atoms with Crippen molar-refractivity contribution in [3.8, 4) is 33.8 Å². The van der Waals surface area contributed by atoms with Gasteiger partial charge in [0, 0.05) is 64.5 Å². The molecular weight excluding hydrogens is 595 g/mol. The third kappa shape index (κ3) is 6.89. The molecule has 0 atom stereocenters. The number of nitrogens with one attached hydrogen (secondary N) is 4. The molecule has 0 fully saturated rings. The van der Waals surface area contributed by atoms with Gasteiger partial charge in [0.25, 0.3) is 0 Å². The summed E-state index contributed by atoms with van der Waals surface area (Å²) in [5.74, 6) is -0.585. The van der Waals surface area contributed by atoms with Crippen molar-refractivity contribution in [1.82, 2.24) is 34.9 Å². The number of amides is 1. The van der Waals surface area contributed by atoms with E-state index in [1.54, 1.807) is 30.9 Å². The summed E-state index contributed by atoms with van der Waals surface area (Å²) < 4.78 is 40.1. The van der Waals surface area contributed by atoms with Crippen LogP contribution in [0.2, 0.25) is 0 Å². The number of rotatable bonds is 8. The van der Waals surface area contributed by atoms with Gasteiger partial charge in [0.05, 0.1) is 35.2 Å². The zero-order valence-corrected chi connectivity index (χ0v) is 25.9. The number of nitrogens with zero attached hydrogens (tertiary/aromatic N) is 4. The molecule has 0 radical (unpaired) electrons. The van der Waals surface area contributed by atoms with Crippen molar-refractivity contribution in [3.05, 3.63) is 78.6 Å². The first kappa shape index (κ1) is 30.0. The topological polar surface area (TPSA) is 158 Å². The summed E-state index contributed by atoms with van der Waals surface area (Å²) in [6, 6.07) is 11.9. The summed E-state index contributed by atoms with van der Waals surface area (Å²) in [5, 5.41) is 11.9. The summed E-state index contributed by atoms with van der Waals surface area (Å²) in [5.41, 5.74) is 6.24. The molecule has 45 heavy (non-hydrogen) atoms. The Kier molecular flexibility index (Phi) is 7.67. The van der Waals surface area contributed by atoms with Crippen molar-refractivity contribution in [2.24, 2.45) is 5.41 Å². The van der Waals surface area contributed by atoms with Crippen molar-refractivity contribution in [2.75, 3.05) is 11.6 Å². The number of carbonyl (C=O) groups excluding carboxylic acids is 1. The molecule has 11 nitrogen and oxygen atoms in total. The molecule has 6 rings (SSSR count). The lowest BCUT2D eigenvalue weighted by molar-refractivity contribution is -0.117. The number of halogens is 1. The monoisotopic (exact) mass is 626 g/mol. The number of aromatic amines is 2. The van der Waals surface area contributed by atoms with Crippen molar-refractivity contribution < 1.29 is 17.6 Å². The molecule has 0 saturated heterocycles. The molecule has 0 aliphatic carbocycles. The SMILES string of the molecule is CC(C)(C)CC(=O)Nc1cncc(-c2cnc3n[nH]c(-c4cc5c(-c6cc(F)cc(CNS(C)(=O)=O)c6)nccc5[nH]4)c3c2)c1. The molecule has 0 saturated carbocycles.